The van der Waals surface area contributed by atoms with E-state index < -0.39 is 18.3 Å². The molecular weight excluding hydrogens is 264 g/mol. The SMILES string of the molecule is CC(C)(O)C(C)(C)OB(O)c1ccc(CN)cc1.Cl. The van der Waals surface area contributed by atoms with Crippen molar-refractivity contribution in [2.24, 2.45) is 5.73 Å². The van der Waals surface area contributed by atoms with Crippen molar-refractivity contribution in [3.8, 4) is 0 Å². The minimum atomic E-state index is -1.07. The van der Waals surface area contributed by atoms with E-state index in [1.165, 1.54) is 0 Å². The number of hydrogen-bond donors (Lipinski definition) is 3. The van der Waals surface area contributed by atoms with Crippen molar-refractivity contribution < 1.29 is 14.8 Å². The van der Waals surface area contributed by atoms with Crippen LogP contribution in [0.3, 0.4) is 0 Å². The maximum absolute atomic E-state index is 10.0. The first kappa shape index (κ1) is 18.4. The van der Waals surface area contributed by atoms with E-state index in [1.807, 2.05) is 12.1 Å². The molecule has 4 N–H and O–H groups in total. The van der Waals surface area contributed by atoms with E-state index in [-0.39, 0.29) is 12.4 Å². The average molecular weight is 288 g/mol. The molecule has 0 aliphatic carbocycles. The summed E-state index contributed by atoms with van der Waals surface area (Å²) in [5.41, 5.74) is 5.23. The first-order chi connectivity index (χ1) is 8.17. The van der Waals surface area contributed by atoms with Crippen LogP contribution in [-0.2, 0) is 11.2 Å². The van der Waals surface area contributed by atoms with Crippen LogP contribution in [-0.4, -0.2) is 28.5 Å². The third kappa shape index (κ3) is 4.78. The van der Waals surface area contributed by atoms with Crippen LogP contribution in [0.1, 0.15) is 33.3 Å². The summed E-state index contributed by atoms with van der Waals surface area (Å²) in [6, 6.07) is 7.23. The summed E-state index contributed by atoms with van der Waals surface area (Å²) >= 11 is 0. The summed E-state index contributed by atoms with van der Waals surface area (Å²) in [5.74, 6) is 0. The highest BCUT2D eigenvalue weighted by molar-refractivity contribution is 6.60. The topological polar surface area (TPSA) is 75.7 Å². The number of benzene rings is 1. The first-order valence-electron chi connectivity index (χ1n) is 6.04. The first-order valence-corrected chi connectivity index (χ1v) is 6.04. The van der Waals surface area contributed by atoms with Gasteiger partial charge in [-0.25, -0.2) is 0 Å². The summed E-state index contributed by atoms with van der Waals surface area (Å²) in [5, 5.41) is 20.0. The van der Waals surface area contributed by atoms with Gasteiger partial charge in [-0.05, 0) is 38.7 Å². The molecule has 1 rings (SSSR count). The third-order valence-corrected chi connectivity index (χ3v) is 3.38. The second-order valence-electron chi connectivity index (χ2n) is 5.49. The lowest BCUT2D eigenvalue weighted by Crippen LogP contribution is -2.53. The molecule has 0 saturated heterocycles. The van der Waals surface area contributed by atoms with Crippen molar-refractivity contribution in [3.05, 3.63) is 29.8 Å². The minimum Gasteiger partial charge on any atom is -0.423 e. The molecular formula is C13H23BClNO3. The van der Waals surface area contributed by atoms with Gasteiger partial charge in [-0.1, -0.05) is 24.3 Å². The lowest BCUT2D eigenvalue weighted by molar-refractivity contribution is -0.0982. The molecule has 1 aromatic carbocycles. The van der Waals surface area contributed by atoms with Gasteiger partial charge in [0, 0.05) is 6.54 Å². The third-order valence-electron chi connectivity index (χ3n) is 3.38. The Labute approximate surface area is 121 Å². The number of hydrogen-bond acceptors (Lipinski definition) is 4. The van der Waals surface area contributed by atoms with Gasteiger partial charge in [0.05, 0.1) is 11.2 Å². The molecule has 4 nitrogen and oxygen atoms in total. The van der Waals surface area contributed by atoms with E-state index in [9.17, 15) is 10.1 Å². The summed E-state index contributed by atoms with van der Waals surface area (Å²) in [4.78, 5) is 0. The molecule has 0 aliphatic heterocycles. The van der Waals surface area contributed by atoms with Crippen LogP contribution in [0.5, 0.6) is 0 Å². The quantitative estimate of drug-likeness (QED) is 0.701. The van der Waals surface area contributed by atoms with Gasteiger partial charge >= 0.3 is 7.12 Å². The van der Waals surface area contributed by atoms with Crippen molar-refractivity contribution in [1.82, 2.24) is 0 Å². The van der Waals surface area contributed by atoms with E-state index in [2.05, 4.69) is 0 Å². The molecule has 19 heavy (non-hydrogen) atoms. The average Bonchev–Trinajstić information content (AvgIpc) is 2.27. The van der Waals surface area contributed by atoms with Crippen molar-refractivity contribution in [2.75, 3.05) is 0 Å². The Morgan fingerprint density at radius 1 is 1.16 bits per heavy atom. The number of aliphatic hydroxyl groups is 1. The number of nitrogens with two attached hydrogens (primary N) is 1. The molecule has 0 bridgehead atoms. The van der Waals surface area contributed by atoms with E-state index in [4.69, 9.17) is 10.4 Å². The smallest absolute Gasteiger partial charge is 0.423 e. The van der Waals surface area contributed by atoms with Crippen molar-refractivity contribution in [3.63, 3.8) is 0 Å². The zero-order valence-electron chi connectivity index (χ0n) is 11.9. The lowest BCUT2D eigenvalue weighted by atomic mass is 9.76. The summed E-state index contributed by atoms with van der Waals surface area (Å²) < 4.78 is 5.54. The number of rotatable bonds is 5. The van der Waals surface area contributed by atoms with Crippen LogP contribution in [0.2, 0.25) is 0 Å². The van der Waals surface area contributed by atoms with Gasteiger partial charge in [0.2, 0.25) is 0 Å². The van der Waals surface area contributed by atoms with Crippen molar-refractivity contribution >= 4 is 25.0 Å². The molecule has 0 radical (unpaired) electrons. The molecule has 0 amide bonds. The van der Waals surface area contributed by atoms with Gasteiger partial charge < -0.3 is 20.5 Å². The predicted molar refractivity (Wildman–Crippen MR) is 80.7 cm³/mol. The Morgan fingerprint density at radius 3 is 2.00 bits per heavy atom. The predicted octanol–water partition coefficient (Wildman–Crippen LogP) is 0.821. The zero-order valence-corrected chi connectivity index (χ0v) is 12.7. The molecule has 108 valence electrons. The Bertz CT molecular complexity index is 390. The molecule has 1 aromatic rings. The van der Waals surface area contributed by atoms with E-state index in [1.54, 1.807) is 39.8 Å². The molecule has 0 unspecified atom stereocenters. The van der Waals surface area contributed by atoms with Gasteiger partial charge in [-0.15, -0.1) is 12.4 Å². The van der Waals surface area contributed by atoms with Crippen LogP contribution >= 0.6 is 12.4 Å². The van der Waals surface area contributed by atoms with Crippen LogP contribution in [0.25, 0.3) is 0 Å². The van der Waals surface area contributed by atoms with Crippen molar-refractivity contribution in [2.45, 2.75) is 45.4 Å². The molecule has 0 aromatic heterocycles. The molecule has 0 aliphatic rings. The highest BCUT2D eigenvalue weighted by Gasteiger charge is 2.39. The van der Waals surface area contributed by atoms with Crippen LogP contribution < -0.4 is 11.2 Å². The van der Waals surface area contributed by atoms with Gasteiger partial charge in [-0.3, -0.25) is 0 Å². The van der Waals surface area contributed by atoms with E-state index >= 15 is 0 Å². The second-order valence-corrected chi connectivity index (χ2v) is 5.49. The van der Waals surface area contributed by atoms with Crippen LogP contribution in [0.15, 0.2) is 24.3 Å². The van der Waals surface area contributed by atoms with E-state index in [0.29, 0.717) is 12.0 Å². The van der Waals surface area contributed by atoms with Gasteiger partial charge in [-0.2, -0.15) is 0 Å². The fourth-order valence-electron chi connectivity index (χ4n) is 1.31. The normalized spacial score (nSPS) is 11.9. The van der Waals surface area contributed by atoms with E-state index in [0.717, 1.165) is 5.56 Å². The highest BCUT2D eigenvalue weighted by Crippen LogP contribution is 2.25. The molecule has 6 heteroatoms. The van der Waals surface area contributed by atoms with Gasteiger partial charge in [0.15, 0.2) is 0 Å². The largest absolute Gasteiger partial charge is 0.491 e. The maximum atomic E-state index is 10.0. The molecule has 0 heterocycles. The molecule has 0 fully saturated rings. The lowest BCUT2D eigenvalue weighted by Gasteiger charge is -2.38. The Kier molecular flexibility index (Phi) is 6.52. The maximum Gasteiger partial charge on any atom is 0.491 e. The fourth-order valence-corrected chi connectivity index (χ4v) is 1.31. The van der Waals surface area contributed by atoms with Crippen LogP contribution in [0.4, 0.5) is 0 Å². The van der Waals surface area contributed by atoms with Crippen molar-refractivity contribution in [1.29, 1.82) is 0 Å². The summed E-state index contributed by atoms with van der Waals surface area (Å²) in [7, 11) is -1.07. The van der Waals surface area contributed by atoms with Gasteiger partial charge in [0.1, 0.15) is 0 Å². The van der Waals surface area contributed by atoms with Crippen LogP contribution in [0, 0.1) is 0 Å². The Balaban J connectivity index is 0.00000324. The molecule has 0 saturated carbocycles. The Morgan fingerprint density at radius 2 is 1.63 bits per heavy atom. The standard InChI is InChI=1S/C13H22BNO3.ClH/c1-12(2,16)13(3,4)18-14(17)11-7-5-10(9-15)6-8-11;/h5-8,16-17H,9,15H2,1-4H3;1H. The summed E-state index contributed by atoms with van der Waals surface area (Å²) in [6.07, 6.45) is 0. The summed E-state index contributed by atoms with van der Waals surface area (Å²) in [6.45, 7) is 7.25. The molecule has 0 atom stereocenters. The zero-order chi connectivity index (χ0) is 14.0. The fraction of sp³-hybridized carbons (Fsp3) is 0.538. The highest BCUT2D eigenvalue weighted by atomic mass is 35.5. The van der Waals surface area contributed by atoms with Gasteiger partial charge in [0.25, 0.3) is 0 Å². The second kappa shape index (κ2) is 6.73. The monoisotopic (exact) mass is 287 g/mol. The Hall–Kier alpha value is -0.585. The molecule has 0 spiro atoms. The minimum absolute atomic E-state index is 0. The number of halogens is 1.